The molecule has 0 atom stereocenters. The number of nitrogens with zero attached hydrogens (tertiary/aromatic N) is 4. The van der Waals surface area contributed by atoms with E-state index in [1.54, 1.807) is 12.1 Å². The SMILES string of the molecule is COc1nc(C#N)c(Br)cc1CO[PH](=O)OCc1cc(Br)c(C#N)nc1OC. The second kappa shape index (κ2) is 10.5. The number of hydrogen-bond acceptors (Lipinski definition) is 9. The second-order valence-electron chi connectivity index (χ2n) is 5.03. The number of halogens is 2. The quantitative estimate of drug-likeness (QED) is 0.466. The van der Waals surface area contributed by atoms with Crippen molar-refractivity contribution >= 4 is 40.1 Å². The number of pyridine rings is 2. The minimum Gasteiger partial charge on any atom is -0.481 e. The lowest BCUT2D eigenvalue weighted by Gasteiger charge is -2.11. The zero-order valence-corrected chi connectivity index (χ0v) is 18.8. The fourth-order valence-corrected chi connectivity index (χ4v) is 3.59. The first-order chi connectivity index (χ1) is 13.4. The molecule has 0 aliphatic heterocycles. The van der Waals surface area contributed by atoms with Gasteiger partial charge in [0.15, 0.2) is 11.4 Å². The summed E-state index contributed by atoms with van der Waals surface area (Å²) >= 11 is 6.46. The maximum Gasteiger partial charge on any atom is 0.319 e. The molecule has 146 valence electrons. The minimum atomic E-state index is -2.87. The summed E-state index contributed by atoms with van der Waals surface area (Å²) in [5.41, 5.74) is 1.32. The third-order valence-electron chi connectivity index (χ3n) is 3.32. The number of ether oxygens (including phenoxy) is 2. The molecule has 0 spiro atoms. The first-order valence-corrected chi connectivity index (χ1v) is 10.3. The molecule has 0 bridgehead atoms. The standard InChI is InChI=1S/C16H13Br2N4O5P/c1-24-15-9(3-11(17)13(5-19)21-15)7-26-28(23)27-8-10-4-12(18)14(6-20)22-16(10)25-2/h3-4,28H,7-8H2,1-2H3. The molecule has 12 heteroatoms. The molecule has 0 aliphatic rings. The third kappa shape index (κ3) is 5.51. The molecule has 2 aromatic heterocycles. The van der Waals surface area contributed by atoms with Gasteiger partial charge in [0.1, 0.15) is 12.1 Å². The van der Waals surface area contributed by atoms with Gasteiger partial charge in [0.2, 0.25) is 11.8 Å². The summed E-state index contributed by atoms with van der Waals surface area (Å²) in [4.78, 5) is 8.06. The Morgan fingerprint density at radius 2 is 1.32 bits per heavy atom. The maximum atomic E-state index is 12.1. The molecule has 0 saturated heterocycles. The van der Waals surface area contributed by atoms with E-state index in [1.165, 1.54) is 14.2 Å². The highest BCUT2D eigenvalue weighted by molar-refractivity contribution is 9.10. The molecule has 2 aromatic rings. The van der Waals surface area contributed by atoms with E-state index >= 15 is 0 Å². The molecule has 0 saturated carbocycles. The van der Waals surface area contributed by atoms with E-state index in [0.717, 1.165) is 0 Å². The number of hydrogen-bond donors (Lipinski definition) is 0. The van der Waals surface area contributed by atoms with Gasteiger partial charge in [-0.2, -0.15) is 10.5 Å². The predicted octanol–water partition coefficient (Wildman–Crippen LogP) is 3.89. The van der Waals surface area contributed by atoms with E-state index in [9.17, 15) is 4.57 Å². The average Bonchev–Trinajstić information content (AvgIpc) is 2.70. The van der Waals surface area contributed by atoms with Crippen LogP contribution in [-0.2, 0) is 26.8 Å². The third-order valence-corrected chi connectivity index (χ3v) is 5.29. The molecule has 0 fully saturated rings. The number of methoxy groups -OCH3 is 2. The smallest absolute Gasteiger partial charge is 0.319 e. The van der Waals surface area contributed by atoms with Crippen LogP contribution >= 0.6 is 40.1 Å². The van der Waals surface area contributed by atoms with Crippen molar-refractivity contribution in [3.8, 4) is 23.9 Å². The van der Waals surface area contributed by atoms with Crippen molar-refractivity contribution in [2.45, 2.75) is 13.2 Å². The van der Waals surface area contributed by atoms with Crippen molar-refractivity contribution < 1.29 is 23.1 Å². The normalized spacial score (nSPS) is 10.4. The van der Waals surface area contributed by atoms with Crippen molar-refractivity contribution in [3.05, 3.63) is 43.6 Å². The summed E-state index contributed by atoms with van der Waals surface area (Å²) in [6.45, 7) is -0.185. The molecule has 9 nitrogen and oxygen atoms in total. The molecular formula is C16H13Br2N4O5P. The van der Waals surface area contributed by atoms with Crippen molar-refractivity contribution in [1.82, 2.24) is 9.97 Å². The van der Waals surface area contributed by atoms with Gasteiger partial charge in [-0.15, -0.1) is 0 Å². The maximum absolute atomic E-state index is 12.1. The molecule has 2 heterocycles. The highest BCUT2D eigenvalue weighted by Gasteiger charge is 2.15. The predicted molar refractivity (Wildman–Crippen MR) is 105 cm³/mol. The largest absolute Gasteiger partial charge is 0.481 e. The van der Waals surface area contributed by atoms with Crippen molar-refractivity contribution in [1.29, 1.82) is 10.5 Å². The van der Waals surface area contributed by atoms with Gasteiger partial charge in [0.25, 0.3) is 0 Å². The van der Waals surface area contributed by atoms with E-state index in [1.807, 2.05) is 12.1 Å². The number of rotatable bonds is 8. The van der Waals surface area contributed by atoms with Crippen LogP contribution in [0.15, 0.2) is 21.1 Å². The van der Waals surface area contributed by atoms with Gasteiger partial charge in [-0.25, -0.2) is 9.97 Å². The molecular weight excluding hydrogens is 519 g/mol. The van der Waals surface area contributed by atoms with E-state index in [4.69, 9.17) is 29.0 Å². The number of nitriles is 2. The van der Waals surface area contributed by atoms with E-state index in [-0.39, 0.29) is 36.4 Å². The van der Waals surface area contributed by atoms with E-state index in [0.29, 0.717) is 20.1 Å². The van der Waals surface area contributed by atoms with Crippen molar-refractivity contribution in [2.24, 2.45) is 0 Å². The van der Waals surface area contributed by atoms with Crippen LogP contribution in [0.25, 0.3) is 0 Å². The van der Waals surface area contributed by atoms with Crippen molar-refractivity contribution in [3.63, 3.8) is 0 Å². The van der Waals surface area contributed by atoms with E-state index < -0.39 is 8.25 Å². The molecule has 2 rings (SSSR count). The van der Waals surface area contributed by atoms with Crippen LogP contribution < -0.4 is 9.47 Å². The van der Waals surface area contributed by atoms with Crippen LogP contribution in [0.4, 0.5) is 0 Å². The fraction of sp³-hybridized carbons (Fsp3) is 0.250. The summed E-state index contributed by atoms with van der Waals surface area (Å²) in [6, 6.07) is 7.05. The Bertz CT molecular complexity index is 913. The molecule has 28 heavy (non-hydrogen) atoms. The summed E-state index contributed by atoms with van der Waals surface area (Å²) in [5.74, 6) is 0.382. The van der Waals surface area contributed by atoms with Crippen LogP contribution in [-0.4, -0.2) is 24.2 Å². The second-order valence-corrected chi connectivity index (χ2v) is 7.81. The minimum absolute atomic E-state index is 0.0925. The summed E-state index contributed by atoms with van der Waals surface area (Å²) in [7, 11) is -0.0569. The Kier molecular flexibility index (Phi) is 8.36. The zero-order valence-electron chi connectivity index (χ0n) is 14.7. The average molecular weight is 532 g/mol. The van der Waals surface area contributed by atoms with E-state index in [2.05, 4.69) is 41.8 Å². The van der Waals surface area contributed by atoms with Crippen LogP contribution in [0.2, 0.25) is 0 Å². The van der Waals surface area contributed by atoms with Crippen LogP contribution in [0.5, 0.6) is 11.8 Å². The van der Waals surface area contributed by atoms with Gasteiger partial charge < -0.3 is 18.5 Å². The Morgan fingerprint density at radius 3 is 1.64 bits per heavy atom. The van der Waals surface area contributed by atoms with Gasteiger partial charge >= 0.3 is 8.25 Å². The molecule has 0 radical (unpaired) electrons. The Balaban J connectivity index is 2.03. The molecule has 0 unspecified atom stereocenters. The molecule has 0 amide bonds. The highest BCUT2D eigenvalue weighted by atomic mass is 79.9. The van der Waals surface area contributed by atoms with Gasteiger partial charge in [0.05, 0.1) is 36.4 Å². The monoisotopic (exact) mass is 530 g/mol. The van der Waals surface area contributed by atoms with Gasteiger partial charge in [-0.1, -0.05) is 0 Å². The summed E-state index contributed by atoms with van der Waals surface area (Å²) in [6.07, 6.45) is 0. The van der Waals surface area contributed by atoms with Gasteiger partial charge in [-0.05, 0) is 44.0 Å². The fourth-order valence-electron chi connectivity index (χ4n) is 2.05. The summed E-state index contributed by atoms with van der Waals surface area (Å²) in [5, 5.41) is 18.0. The van der Waals surface area contributed by atoms with Crippen LogP contribution in [0.3, 0.4) is 0 Å². The lowest BCUT2D eigenvalue weighted by molar-refractivity contribution is 0.208. The van der Waals surface area contributed by atoms with Gasteiger partial charge in [-0.3, -0.25) is 4.57 Å². The topological polar surface area (TPSA) is 127 Å². The Morgan fingerprint density at radius 1 is 0.929 bits per heavy atom. The zero-order chi connectivity index (χ0) is 20.7. The van der Waals surface area contributed by atoms with Crippen LogP contribution in [0, 0.1) is 22.7 Å². The highest BCUT2D eigenvalue weighted by Crippen LogP contribution is 2.33. The molecule has 0 aromatic carbocycles. The Hall–Kier alpha value is -2.01. The molecule has 0 N–H and O–H groups in total. The van der Waals surface area contributed by atoms with Gasteiger partial charge in [0, 0.05) is 11.1 Å². The van der Waals surface area contributed by atoms with Crippen molar-refractivity contribution in [2.75, 3.05) is 14.2 Å². The molecule has 0 aliphatic carbocycles. The first kappa shape index (κ1) is 22.3. The van der Waals surface area contributed by atoms with Crippen LogP contribution in [0.1, 0.15) is 22.5 Å². The summed E-state index contributed by atoms with van der Waals surface area (Å²) < 4.78 is 33.8. The first-order valence-electron chi connectivity index (χ1n) is 7.50. The lowest BCUT2D eigenvalue weighted by atomic mass is 10.2. The number of aromatic nitrogens is 2. The Labute approximate surface area is 178 Å². The lowest BCUT2D eigenvalue weighted by Crippen LogP contribution is -2.00.